The van der Waals surface area contributed by atoms with Crippen molar-refractivity contribution < 1.29 is 10.2 Å². The molecule has 0 unspecified atom stereocenters. The maximum atomic E-state index is 9.14. The van der Waals surface area contributed by atoms with Gasteiger partial charge < -0.3 is 21.3 Å². The van der Waals surface area contributed by atoms with Crippen molar-refractivity contribution in [2.45, 2.75) is 51.4 Å². The van der Waals surface area contributed by atoms with Gasteiger partial charge in [0.15, 0.2) is 5.13 Å². The number of aliphatic hydroxyl groups excluding tert-OH is 2. The number of fused-ring (bicyclic) bond motifs is 1. The molecular formula is C25H29N5O2S. The molecule has 1 aliphatic rings. The van der Waals surface area contributed by atoms with E-state index in [2.05, 4.69) is 26.3 Å². The van der Waals surface area contributed by atoms with E-state index in [1.807, 2.05) is 36.4 Å². The highest BCUT2D eigenvalue weighted by atomic mass is 32.1. The number of benzene rings is 2. The van der Waals surface area contributed by atoms with E-state index in [9.17, 15) is 0 Å². The minimum absolute atomic E-state index is 0.0311. The Morgan fingerprint density at radius 3 is 2.42 bits per heavy atom. The second kappa shape index (κ2) is 11.2. The van der Waals surface area contributed by atoms with Crippen LogP contribution in [0, 0.1) is 0 Å². The Bertz CT molecular complexity index is 1170. The maximum absolute atomic E-state index is 9.14. The summed E-state index contributed by atoms with van der Waals surface area (Å²) in [6.45, 7) is 0.665. The van der Waals surface area contributed by atoms with Crippen molar-refractivity contribution in [2.75, 3.05) is 11.1 Å². The highest BCUT2D eigenvalue weighted by molar-refractivity contribution is 7.22. The van der Waals surface area contributed by atoms with Crippen molar-refractivity contribution in [2.24, 2.45) is 0 Å². The molecule has 4 aromatic rings. The average Bonchev–Trinajstić information content (AvgIpc) is 3.23. The minimum Gasteiger partial charge on any atom is -0.393 e. The molecule has 0 saturated heterocycles. The lowest BCUT2D eigenvalue weighted by Crippen LogP contribution is -2.09. The van der Waals surface area contributed by atoms with E-state index < -0.39 is 0 Å². The second-order valence-corrected chi connectivity index (χ2v) is 9.21. The smallest absolute Gasteiger partial charge is 0.181 e. The maximum Gasteiger partial charge on any atom is 0.181 e. The van der Waals surface area contributed by atoms with Crippen LogP contribution in [0.3, 0.4) is 0 Å². The van der Waals surface area contributed by atoms with E-state index in [0.29, 0.717) is 17.5 Å². The Hall–Kier alpha value is -3.07. The van der Waals surface area contributed by atoms with Crippen LogP contribution >= 0.6 is 11.3 Å². The summed E-state index contributed by atoms with van der Waals surface area (Å²) in [6.07, 6.45) is 9.35. The highest BCUT2D eigenvalue weighted by Gasteiger charge is 2.08. The van der Waals surface area contributed by atoms with E-state index in [-0.39, 0.29) is 12.7 Å². The summed E-state index contributed by atoms with van der Waals surface area (Å²) >= 11 is 1.48. The van der Waals surface area contributed by atoms with Crippen LogP contribution < -0.4 is 11.1 Å². The van der Waals surface area contributed by atoms with E-state index in [1.165, 1.54) is 30.6 Å². The number of rotatable bonds is 5. The summed E-state index contributed by atoms with van der Waals surface area (Å²) in [7, 11) is 0. The predicted molar refractivity (Wildman–Crippen MR) is 134 cm³/mol. The fraction of sp³-hybridized carbons (Fsp3) is 0.320. The number of anilines is 2. The SMILES string of the molecule is Nc1nc2ccc(CNc3cncc(-c4ccc(CO)cc4)n3)cc2s1.OC1CCCCC1. The topological polar surface area (TPSA) is 117 Å². The van der Waals surface area contributed by atoms with Gasteiger partial charge in [-0.25, -0.2) is 9.97 Å². The van der Waals surface area contributed by atoms with Gasteiger partial charge in [-0.05, 0) is 36.1 Å². The first kappa shape index (κ1) is 23.1. The lowest BCUT2D eigenvalue weighted by atomic mass is 9.98. The average molecular weight is 464 g/mol. The predicted octanol–water partition coefficient (Wildman–Crippen LogP) is 4.75. The van der Waals surface area contributed by atoms with Gasteiger partial charge in [0.1, 0.15) is 5.82 Å². The molecule has 0 atom stereocenters. The number of nitrogens with zero attached hydrogens (tertiary/aromatic N) is 3. The molecule has 5 N–H and O–H groups in total. The Kier molecular flexibility index (Phi) is 7.83. The number of hydrogen-bond acceptors (Lipinski definition) is 8. The van der Waals surface area contributed by atoms with Crippen LogP contribution in [-0.2, 0) is 13.2 Å². The van der Waals surface area contributed by atoms with Crippen molar-refractivity contribution in [3.8, 4) is 11.3 Å². The highest BCUT2D eigenvalue weighted by Crippen LogP contribution is 2.25. The van der Waals surface area contributed by atoms with Crippen LogP contribution in [0.1, 0.15) is 43.2 Å². The standard InChI is InChI=1S/C19H17N5OS.C6H12O/c20-19-24-15-6-3-13(7-17(15)26-19)8-22-18-10-21-9-16(23-18)14-4-1-12(11-25)2-5-14;7-6-4-2-1-3-5-6/h1-7,9-10,25H,8,11H2,(H2,20,24)(H,22,23);6-7H,1-5H2. The molecule has 0 bridgehead atoms. The number of hydrogen-bond donors (Lipinski definition) is 4. The normalized spacial score (nSPS) is 14.0. The summed E-state index contributed by atoms with van der Waals surface area (Å²) in [6, 6.07) is 13.7. The van der Waals surface area contributed by atoms with Gasteiger partial charge in [0, 0.05) is 12.1 Å². The minimum atomic E-state index is 0.0311. The van der Waals surface area contributed by atoms with Crippen molar-refractivity contribution in [1.82, 2.24) is 15.0 Å². The van der Waals surface area contributed by atoms with Gasteiger partial charge in [-0.15, -0.1) is 0 Å². The van der Waals surface area contributed by atoms with Crippen molar-refractivity contribution in [1.29, 1.82) is 0 Å². The molecule has 1 saturated carbocycles. The number of aliphatic hydroxyl groups is 2. The molecule has 0 aliphatic heterocycles. The molecule has 1 aliphatic carbocycles. The monoisotopic (exact) mass is 463 g/mol. The number of nitrogens with two attached hydrogens (primary N) is 1. The van der Waals surface area contributed by atoms with E-state index in [0.717, 1.165) is 45.4 Å². The molecular weight excluding hydrogens is 434 g/mol. The summed E-state index contributed by atoms with van der Waals surface area (Å²) in [4.78, 5) is 13.2. The first-order chi connectivity index (χ1) is 16.1. The van der Waals surface area contributed by atoms with Crippen LogP contribution in [0.2, 0.25) is 0 Å². The van der Waals surface area contributed by atoms with Crippen molar-refractivity contribution >= 4 is 32.5 Å². The molecule has 5 rings (SSSR count). The van der Waals surface area contributed by atoms with Crippen LogP contribution in [0.5, 0.6) is 0 Å². The first-order valence-corrected chi connectivity index (χ1v) is 12.0. The fourth-order valence-electron chi connectivity index (χ4n) is 3.74. The number of nitrogens with one attached hydrogen (secondary N) is 1. The Morgan fingerprint density at radius 2 is 1.73 bits per heavy atom. The third-order valence-corrected chi connectivity index (χ3v) is 6.43. The molecule has 0 radical (unpaired) electrons. The molecule has 2 aromatic carbocycles. The zero-order chi connectivity index (χ0) is 23.0. The molecule has 172 valence electrons. The van der Waals surface area contributed by atoms with E-state index in [1.54, 1.807) is 12.4 Å². The molecule has 1 fully saturated rings. The Labute approximate surface area is 197 Å². The third-order valence-electron chi connectivity index (χ3n) is 5.58. The van der Waals surface area contributed by atoms with Crippen LogP contribution in [0.25, 0.3) is 21.5 Å². The summed E-state index contributed by atoms with van der Waals surface area (Å²) in [5, 5.41) is 21.9. The number of aromatic nitrogens is 3. The molecule has 0 amide bonds. The fourth-order valence-corrected chi connectivity index (χ4v) is 4.54. The molecule has 0 spiro atoms. The quantitative estimate of drug-likeness (QED) is 0.337. The lowest BCUT2D eigenvalue weighted by molar-refractivity contribution is 0.130. The first-order valence-electron chi connectivity index (χ1n) is 11.2. The van der Waals surface area contributed by atoms with Crippen LogP contribution in [-0.4, -0.2) is 31.3 Å². The zero-order valence-electron chi connectivity index (χ0n) is 18.4. The van der Waals surface area contributed by atoms with Crippen LogP contribution in [0.4, 0.5) is 10.9 Å². The molecule has 7 nitrogen and oxygen atoms in total. The van der Waals surface area contributed by atoms with E-state index >= 15 is 0 Å². The number of thiazole rings is 1. The van der Waals surface area contributed by atoms with E-state index in [4.69, 9.17) is 15.9 Å². The van der Waals surface area contributed by atoms with Gasteiger partial charge in [-0.2, -0.15) is 0 Å². The molecule has 33 heavy (non-hydrogen) atoms. The van der Waals surface area contributed by atoms with Gasteiger partial charge >= 0.3 is 0 Å². The molecule has 2 aromatic heterocycles. The van der Waals surface area contributed by atoms with Crippen molar-refractivity contribution in [3.05, 3.63) is 66.0 Å². The number of nitrogen functional groups attached to an aromatic ring is 1. The lowest BCUT2D eigenvalue weighted by Gasteiger charge is -2.14. The Morgan fingerprint density at radius 1 is 0.970 bits per heavy atom. The van der Waals surface area contributed by atoms with Gasteiger partial charge in [0.2, 0.25) is 0 Å². The van der Waals surface area contributed by atoms with Gasteiger partial charge in [-0.1, -0.05) is 60.9 Å². The second-order valence-electron chi connectivity index (χ2n) is 8.14. The molecule has 2 heterocycles. The zero-order valence-corrected chi connectivity index (χ0v) is 19.3. The summed E-state index contributed by atoms with van der Waals surface area (Å²) in [5.41, 5.74) is 10.4. The van der Waals surface area contributed by atoms with Gasteiger partial charge in [0.25, 0.3) is 0 Å². The van der Waals surface area contributed by atoms with Crippen LogP contribution in [0.15, 0.2) is 54.9 Å². The largest absolute Gasteiger partial charge is 0.393 e. The summed E-state index contributed by atoms with van der Waals surface area (Å²) < 4.78 is 1.07. The molecule has 8 heteroatoms. The van der Waals surface area contributed by atoms with Gasteiger partial charge in [-0.3, -0.25) is 4.98 Å². The Balaban J connectivity index is 0.000000318. The van der Waals surface area contributed by atoms with Gasteiger partial charge in [0.05, 0.1) is 41.0 Å². The summed E-state index contributed by atoms with van der Waals surface area (Å²) in [5.74, 6) is 0.706. The van der Waals surface area contributed by atoms with Crippen molar-refractivity contribution in [3.63, 3.8) is 0 Å². The third kappa shape index (κ3) is 6.47.